The van der Waals surface area contributed by atoms with Gasteiger partial charge in [0, 0.05) is 5.56 Å². The maximum absolute atomic E-state index is 13.8. The van der Waals surface area contributed by atoms with Crippen LogP contribution < -0.4 is 0 Å². The SMILES string of the molecule is C=C(C)COC(=O)c1c(F)ccc(O)c1CC(=C)C. The van der Waals surface area contributed by atoms with Crippen molar-refractivity contribution in [2.24, 2.45) is 0 Å². The maximum Gasteiger partial charge on any atom is 0.341 e. The zero-order chi connectivity index (χ0) is 14.6. The van der Waals surface area contributed by atoms with Crippen molar-refractivity contribution >= 4 is 5.97 Å². The highest BCUT2D eigenvalue weighted by molar-refractivity contribution is 5.92. The molecule has 1 aromatic carbocycles. The van der Waals surface area contributed by atoms with Gasteiger partial charge in [0.25, 0.3) is 0 Å². The van der Waals surface area contributed by atoms with Crippen LogP contribution in [-0.4, -0.2) is 17.7 Å². The van der Waals surface area contributed by atoms with Gasteiger partial charge in [-0.05, 0) is 38.0 Å². The molecule has 0 heterocycles. The average Bonchev–Trinajstić information content (AvgIpc) is 2.30. The second kappa shape index (κ2) is 6.18. The first-order chi connectivity index (χ1) is 8.82. The van der Waals surface area contributed by atoms with Gasteiger partial charge >= 0.3 is 5.97 Å². The van der Waals surface area contributed by atoms with Crippen LogP contribution in [0.3, 0.4) is 0 Å². The molecule has 0 saturated carbocycles. The third-order valence-electron chi connectivity index (χ3n) is 2.37. The van der Waals surface area contributed by atoms with Gasteiger partial charge in [0.2, 0.25) is 0 Å². The van der Waals surface area contributed by atoms with Crippen molar-refractivity contribution in [1.82, 2.24) is 0 Å². The van der Waals surface area contributed by atoms with Crippen molar-refractivity contribution in [3.05, 3.63) is 53.4 Å². The van der Waals surface area contributed by atoms with Crippen molar-refractivity contribution in [2.45, 2.75) is 20.3 Å². The van der Waals surface area contributed by atoms with Gasteiger partial charge in [-0.3, -0.25) is 0 Å². The minimum atomic E-state index is -0.812. The molecule has 0 spiro atoms. The molecule has 0 aliphatic heterocycles. The van der Waals surface area contributed by atoms with E-state index in [1.807, 2.05) is 0 Å². The fourth-order valence-corrected chi connectivity index (χ4v) is 1.57. The van der Waals surface area contributed by atoms with Gasteiger partial charge in [0.15, 0.2) is 0 Å². The highest BCUT2D eigenvalue weighted by atomic mass is 19.1. The minimum absolute atomic E-state index is 0.0143. The van der Waals surface area contributed by atoms with Gasteiger partial charge in [0.1, 0.15) is 23.7 Å². The first-order valence-corrected chi connectivity index (χ1v) is 5.79. The fraction of sp³-hybridized carbons (Fsp3) is 0.267. The lowest BCUT2D eigenvalue weighted by Crippen LogP contribution is -2.12. The highest BCUT2D eigenvalue weighted by Crippen LogP contribution is 2.27. The molecule has 19 heavy (non-hydrogen) atoms. The van der Waals surface area contributed by atoms with Gasteiger partial charge in [-0.1, -0.05) is 18.7 Å². The zero-order valence-electron chi connectivity index (χ0n) is 11.1. The first-order valence-electron chi connectivity index (χ1n) is 5.79. The summed E-state index contributed by atoms with van der Waals surface area (Å²) in [4.78, 5) is 11.9. The molecule has 0 amide bonds. The van der Waals surface area contributed by atoms with Gasteiger partial charge in [0.05, 0.1) is 0 Å². The second-order valence-electron chi connectivity index (χ2n) is 4.59. The number of hydrogen-bond donors (Lipinski definition) is 1. The quantitative estimate of drug-likeness (QED) is 0.655. The van der Waals surface area contributed by atoms with Crippen LogP contribution in [0, 0.1) is 5.82 Å². The summed E-state index contributed by atoms with van der Waals surface area (Å²) in [6.45, 7) is 10.7. The van der Waals surface area contributed by atoms with Crippen molar-refractivity contribution in [3.8, 4) is 5.75 Å². The number of ether oxygens (including phenoxy) is 1. The van der Waals surface area contributed by atoms with Crippen LogP contribution >= 0.6 is 0 Å². The van der Waals surface area contributed by atoms with Crippen LogP contribution in [0.25, 0.3) is 0 Å². The Labute approximate surface area is 112 Å². The molecule has 3 nitrogen and oxygen atoms in total. The molecule has 0 aliphatic rings. The van der Waals surface area contributed by atoms with Crippen molar-refractivity contribution in [3.63, 3.8) is 0 Å². The largest absolute Gasteiger partial charge is 0.508 e. The Morgan fingerprint density at radius 2 is 1.95 bits per heavy atom. The van der Waals surface area contributed by atoms with Crippen molar-refractivity contribution < 1.29 is 19.0 Å². The van der Waals surface area contributed by atoms with E-state index in [1.165, 1.54) is 6.07 Å². The number of allylic oxidation sites excluding steroid dienone is 1. The molecular formula is C15H17FO3. The van der Waals surface area contributed by atoms with Crippen LogP contribution in [0.2, 0.25) is 0 Å². The topological polar surface area (TPSA) is 46.5 Å². The number of rotatable bonds is 5. The number of carbonyl (C=O) groups excluding carboxylic acids is 1. The molecular weight excluding hydrogens is 247 g/mol. The molecule has 0 unspecified atom stereocenters. The number of esters is 1. The normalized spacial score (nSPS) is 10.1. The van der Waals surface area contributed by atoms with Crippen molar-refractivity contribution in [2.75, 3.05) is 6.61 Å². The molecule has 0 radical (unpaired) electrons. The number of benzene rings is 1. The monoisotopic (exact) mass is 264 g/mol. The Kier molecular flexibility index (Phi) is 4.87. The molecule has 1 N–H and O–H groups in total. The lowest BCUT2D eigenvalue weighted by molar-refractivity contribution is 0.0533. The predicted molar refractivity (Wildman–Crippen MR) is 71.7 cm³/mol. The van der Waals surface area contributed by atoms with Crippen LogP contribution in [0.15, 0.2) is 36.4 Å². The van der Waals surface area contributed by atoms with Gasteiger partial charge in [-0.2, -0.15) is 0 Å². The number of phenols is 1. The lowest BCUT2D eigenvalue weighted by atomic mass is 9.99. The summed E-state index contributed by atoms with van der Waals surface area (Å²) in [5.41, 5.74) is 1.30. The van der Waals surface area contributed by atoms with E-state index in [-0.39, 0.29) is 29.9 Å². The van der Waals surface area contributed by atoms with Gasteiger partial charge in [-0.25, -0.2) is 9.18 Å². The van der Waals surface area contributed by atoms with Crippen molar-refractivity contribution in [1.29, 1.82) is 0 Å². The molecule has 0 aromatic heterocycles. The summed E-state index contributed by atoms with van der Waals surface area (Å²) in [7, 11) is 0. The molecule has 1 rings (SSSR count). The molecule has 0 bridgehead atoms. The number of aromatic hydroxyl groups is 1. The average molecular weight is 264 g/mol. The molecule has 4 heteroatoms. The highest BCUT2D eigenvalue weighted by Gasteiger charge is 2.21. The number of phenolic OH excluding ortho intramolecular Hbond substituents is 1. The number of carbonyl (C=O) groups is 1. The fourth-order valence-electron chi connectivity index (χ4n) is 1.57. The molecule has 0 atom stereocenters. The van der Waals surface area contributed by atoms with Gasteiger partial charge in [-0.15, -0.1) is 0 Å². The Bertz CT molecular complexity index is 532. The maximum atomic E-state index is 13.8. The first kappa shape index (κ1) is 15.0. The molecule has 0 fully saturated rings. The van der Waals surface area contributed by atoms with E-state index >= 15 is 0 Å². The summed E-state index contributed by atoms with van der Waals surface area (Å²) in [6.07, 6.45) is 0.209. The van der Waals surface area contributed by atoms with E-state index in [1.54, 1.807) is 13.8 Å². The van der Waals surface area contributed by atoms with E-state index in [0.717, 1.165) is 6.07 Å². The Morgan fingerprint density at radius 3 is 2.47 bits per heavy atom. The van der Waals surface area contributed by atoms with E-state index in [0.29, 0.717) is 11.1 Å². The Morgan fingerprint density at radius 1 is 1.32 bits per heavy atom. The van der Waals surface area contributed by atoms with Crippen LogP contribution in [-0.2, 0) is 11.2 Å². The number of halogens is 1. The number of hydrogen-bond acceptors (Lipinski definition) is 3. The summed E-state index contributed by atoms with van der Waals surface area (Å²) in [6, 6.07) is 2.25. The Balaban J connectivity index is 3.16. The van der Waals surface area contributed by atoms with Crippen LogP contribution in [0.1, 0.15) is 29.8 Å². The van der Waals surface area contributed by atoms with E-state index in [4.69, 9.17) is 4.74 Å². The third kappa shape index (κ3) is 3.95. The predicted octanol–water partition coefficient (Wildman–Crippen LogP) is 3.38. The third-order valence-corrected chi connectivity index (χ3v) is 2.37. The lowest BCUT2D eigenvalue weighted by Gasteiger charge is -2.12. The molecule has 0 saturated heterocycles. The Hall–Kier alpha value is -2.10. The van der Waals surface area contributed by atoms with E-state index in [9.17, 15) is 14.3 Å². The smallest absolute Gasteiger partial charge is 0.341 e. The molecule has 102 valence electrons. The van der Waals surface area contributed by atoms with E-state index in [2.05, 4.69) is 13.2 Å². The molecule has 1 aromatic rings. The van der Waals surface area contributed by atoms with E-state index < -0.39 is 11.8 Å². The standard InChI is InChI=1S/C15H17FO3/c1-9(2)7-11-13(17)6-5-12(16)14(11)15(18)19-8-10(3)4/h5-6,17H,1,3,7-8H2,2,4H3. The second-order valence-corrected chi connectivity index (χ2v) is 4.59. The summed E-state index contributed by atoms with van der Waals surface area (Å²) < 4.78 is 18.7. The summed E-state index contributed by atoms with van der Waals surface area (Å²) in [5, 5.41) is 9.76. The molecule has 0 aliphatic carbocycles. The summed E-state index contributed by atoms with van der Waals surface area (Å²) in [5.74, 6) is -1.68. The van der Waals surface area contributed by atoms with Crippen LogP contribution in [0.4, 0.5) is 4.39 Å². The van der Waals surface area contributed by atoms with Gasteiger partial charge < -0.3 is 9.84 Å². The minimum Gasteiger partial charge on any atom is -0.508 e. The summed E-state index contributed by atoms with van der Waals surface area (Å²) >= 11 is 0. The van der Waals surface area contributed by atoms with Crippen LogP contribution in [0.5, 0.6) is 5.75 Å². The zero-order valence-corrected chi connectivity index (χ0v) is 11.1.